The van der Waals surface area contributed by atoms with E-state index in [9.17, 15) is 9.18 Å². The molecule has 0 saturated carbocycles. The Hall–Kier alpha value is -1.20. The van der Waals surface area contributed by atoms with E-state index in [0.717, 1.165) is 0 Å². The van der Waals surface area contributed by atoms with Gasteiger partial charge in [-0.15, -0.1) is 11.3 Å². The Morgan fingerprint density at radius 1 is 1.41 bits per heavy atom. The Morgan fingerprint density at radius 2 is 2.18 bits per heavy atom. The summed E-state index contributed by atoms with van der Waals surface area (Å²) < 4.78 is 18.8. The largest absolute Gasteiger partial charge is 0.495 e. The molecule has 0 radical (unpaired) electrons. The normalized spacial score (nSPS) is 10.3. The van der Waals surface area contributed by atoms with Crippen LogP contribution in [0.25, 0.3) is 0 Å². The van der Waals surface area contributed by atoms with Gasteiger partial charge in [0.15, 0.2) is 0 Å². The second-order valence-corrected chi connectivity index (χ2v) is 5.14. The summed E-state index contributed by atoms with van der Waals surface area (Å²) in [6, 6.07) is 5.82. The van der Waals surface area contributed by atoms with Crippen molar-refractivity contribution in [2.45, 2.75) is 0 Å². The number of benzene rings is 1. The van der Waals surface area contributed by atoms with E-state index >= 15 is 0 Å². The van der Waals surface area contributed by atoms with E-state index in [0.29, 0.717) is 20.7 Å². The first-order valence-electron chi connectivity index (χ1n) is 4.74. The highest BCUT2D eigenvalue weighted by molar-refractivity contribution is 9.10. The fourth-order valence-corrected chi connectivity index (χ4v) is 2.73. The average molecular weight is 315 g/mol. The number of carbonyl (C=O) groups excluding carboxylic acids is 1. The van der Waals surface area contributed by atoms with Crippen molar-refractivity contribution < 1.29 is 13.9 Å². The standard InChI is InChI=1S/C12H8BrFO2S/c1-16-10-2-3-17-12(10)11(15)7-4-8(13)6-9(14)5-7/h2-6H,1H3. The smallest absolute Gasteiger partial charge is 0.206 e. The minimum atomic E-state index is -0.446. The fourth-order valence-electron chi connectivity index (χ4n) is 1.44. The summed E-state index contributed by atoms with van der Waals surface area (Å²) in [5.41, 5.74) is 0.303. The van der Waals surface area contributed by atoms with Crippen LogP contribution in [0.15, 0.2) is 34.1 Å². The lowest BCUT2D eigenvalue weighted by molar-refractivity contribution is 0.103. The number of halogens is 2. The molecule has 17 heavy (non-hydrogen) atoms. The maximum Gasteiger partial charge on any atom is 0.206 e. The third-order valence-electron chi connectivity index (χ3n) is 2.18. The maximum absolute atomic E-state index is 13.2. The number of methoxy groups -OCH3 is 1. The molecule has 1 heterocycles. The van der Waals surface area contributed by atoms with Gasteiger partial charge < -0.3 is 4.74 Å². The van der Waals surface area contributed by atoms with Crippen LogP contribution in [0.4, 0.5) is 4.39 Å². The van der Waals surface area contributed by atoms with Crippen LogP contribution in [0.3, 0.4) is 0 Å². The van der Waals surface area contributed by atoms with Gasteiger partial charge in [-0.1, -0.05) is 15.9 Å². The lowest BCUT2D eigenvalue weighted by atomic mass is 10.1. The van der Waals surface area contributed by atoms with Crippen molar-refractivity contribution in [2.75, 3.05) is 7.11 Å². The number of ketones is 1. The Bertz CT molecular complexity index is 545. The van der Waals surface area contributed by atoms with Crippen molar-refractivity contribution in [2.24, 2.45) is 0 Å². The van der Waals surface area contributed by atoms with Gasteiger partial charge in [0.05, 0.1) is 7.11 Å². The Kier molecular flexibility index (Phi) is 3.59. The number of ether oxygens (including phenoxy) is 1. The lowest BCUT2D eigenvalue weighted by Gasteiger charge is -2.03. The predicted molar refractivity (Wildman–Crippen MR) is 68.4 cm³/mol. The zero-order valence-corrected chi connectivity index (χ0v) is 11.3. The molecule has 2 rings (SSSR count). The zero-order valence-electron chi connectivity index (χ0n) is 8.87. The van der Waals surface area contributed by atoms with Crippen LogP contribution in [0, 0.1) is 5.82 Å². The summed E-state index contributed by atoms with van der Waals surface area (Å²) in [7, 11) is 1.50. The summed E-state index contributed by atoms with van der Waals surface area (Å²) in [4.78, 5) is 12.6. The maximum atomic E-state index is 13.2. The van der Waals surface area contributed by atoms with Crippen LogP contribution in [-0.2, 0) is 0 Å². The Balaban J connectivity index is 2.43. The van der Waals surface area contributed by atoms with Crippen LogP contribution in [0.2, 0.25) is 0 Å². The van der Waals surface area contributed by atoms with E-state index in [1.165, 1.54) is 30.6 Å². The van der Waals surface area contributed by atoms with Crippen molar-refractivity contribution in [3.8, 4) is 5.75 Å². The molecule has 0 spiro atoms. The van der Waals surface area contributed by atoms with Crippen molar-refractivity contribution in [3.05, 3.63) is 50.4 Å². The molecule has 0 atom stereocenters. The first-order chi connectivity index (χ1) is 8.11. The second kappa shape index (κ2) is 4.98. The highest BCUT2D eigenvalue weighted by atomic mass is 79.9. The van der Waals surface area contributed by atoms with E-state index in [2.05, 4.69) is 15.9 Å². The molecule has 1 aromatic heterocycles. The van der Waals surface area contributed by atoms with Crippen molar-refractivity contribution in [3.63, 3.8) is 0 Å². The van der Waals surface area contributed by atoms with Crippen molar-refractivity contribution in [1.82, 2.24) is 0 Å². The fraction of sp³-hybridized carbons (Fsp3) is 0.0833. The average Bonchev–Trinajstić information content (AvgIpc) is 2.74. The van der Waals surface area contributed by atoms with Crippen LogP contribution < -0.4 is 4.74 Å². The summed E-state index contributed by atoms with van der Waals surface area (Å²) >= 11 is 4.44. The van der Waals surface area contributed by atoms with Gasteiger partial charge in [0.2, 0.25) is 5.78 Å². The summed E-state index contributed by atoms with van der Waals surface area (Å²) in [5, 5.41) is 1.76. The van der Waals surface area contributed by atoms with Crippen LogP contribution in [0.1, 0.15) is 15.2 Å². The quantitative estimate of drug-likeness (QED) is 0.803. The molecule has 0 aliphatic carbocycles. The van der Waals surface area contributed by atoms with Gasteiger partial charge in [0, 0.05) is 10.0 Å². The molecule has 0 unspecified atom stereocenters. The van der Waals surface area contributed by atoms with Crippen LogP contribution in [0.5, 0.6) is 5.75 Å². The first kappa shape index (κ1) is 12.3. The Morgan fingerprint density at radius 3 is 2.82 bits per heavy atom. The number of hydrogen-bond donors (Lipinski definition) is 0. The monoisotopic (exact) mass is 314 g/mol. The molecule has 0 bridgehead atoms. The summed E-state index contributed by atoms with van der Waals surface area (Å²) in [6.07, 6.45) is 0. The summed E-state index contributed by atoms with van der Waals surface area (Å²) in [5.74, 6) is -0.171. The minimum absolute atomic E-state index is 0.239. The molecular weight excluding hydrogens is 307 g/mol. The van der Waals surface area contributed by atoms with Gasteiger partial charge in [0.1, 0.15) is 16.4 Å². The first-order valence-corrected chi connectivity index (χ1v) is 6.41. The van der Waals surface area contributed by atoms with Crippen molar-refractivity contribution in [1.29, 1.82) is 0 Å². The highest BCUT2D eigenvalue weighted by Crippen LogP contribution is 2.28. The molecule has 2 aromatic rings. The topological polar surface area (TPSA) is 26.3 Å². The SMILES string of the molecule is COc1ccsc1C(=O)c1cc(F)cc(Br)c1. The molecule has 0 N–H and O–H groups in total. The number of carbonyl (C=O) groups is 1. The molecule has 0 amide bonds. The predicted octanol–water partition coefficient (Wildman–Crippen LogP) is 3.89. The molecule has 0 saturated heterocycles. The second-order valence-electron chi connectivity index (χ2n) is 3.31. The molecule has 88 valence electrons. The number of thiophene rings is 1. The van der Waals surface area contributed by atoms with E-state index in [-0.39, 0.29) is 5.78 Å². The van der Waals surface area contributed by atoms with Gasteiger partial charge in [-0.2, -0.15) is 0 Å². The molecular formula is C12H8BrFO2S. The zero-order chi connectivity index (χ0) is 12.4. The lowest BCUT2D eigenvalue weighted by Crippen LogP contribution is -2.01. The van der Waals surface area contributed by atoms with E-state index < -0.39 is 5.82 Å². The van der Waals surface area contributed by atoms with Gasteiger partial charge in [-0.25, -0.2) is 4.39 Å². The molecule has 5 heteroatoms. The summed E-state index contributed by atoms with van der Waals surface area (Å²) in [6.45, 7) is 0. The highest BCUT2D eigenvalue weighted by Gasteiger charge is 2.17. The Labute approximate surface area is 110 Å². The van der Waals surface area contributed by atoms with Gasteiger partial charge in [-0.05, 0) is 29.6 Å². The van der Waals surface area contributed by atoms with E-state index in [1.807, 2.05) is 0 Å². The van der Waals surface area contributed by atoms with E-state index in [4.69, 9.17) is 4.74 Å². The molecule has 1 aromatic carbocycles. The van der Waals surface area contributed by atoms with Crippen LogP contribution in [-0.4, -0.2) is 12.9 Å². The number of rotatable bonds is 3. The molecule has 0 aliphatic heterocycles. The van der Waals surface area contributed by atoms with Crippen LogP contribution >= 0.6 is 27.3 Å². The molecule has 0 fully saturated rings. The van der Waals surface area contributed by atoms with E-state index in [1.54, 1.807) is 17.5 Å². The number of hydrogen-bond acceptors (Lipinski definition) is 3. The van der Waals surface area contributed by atoms with Crippen molar-refractivity contribution >= 4 is 33.0 Å². The molecule has 0 aliphatic rings. The third kappa shape index (κ3) is 2.56. The third-order valence-corrected chi connectivity index (χ3v) is 3.53. The minimum Gasteiger partial charge on any atom is -0.495 e. The van der Waals surface area contributed by atoms with Gasteiger partial charge >= 0.3 is 0 Å². The van der Waals surface area contributed by atoms with Gasteiger partial charge in [0.25, 0.3) is 0 Å². The van der Waals surface area contributed by atoms with Gasteiger partial charge in [-0.3, -0.25) is 4.79 Å². The molecule has 2 nitrogen and oxygen atoms in total.